The predicted octanol–water partition coefficient (Wildman–Crippen LogP) is 10.5. The molecule has 35 heavy (non-hydrogen) atoms. The van der Waals surface area contributed by atoms with Gasteiger partial charge in [-0.2, -0.15) is 0 Å². The molecule has 0 fully saturated rings. The molecule has 0 aliphatic heterocycles. The van der Waals surface area contributed by atoms with Gasteiger partial charge in [0.15, 0.2) is 8.32 Å². The topological polar surface area (TPSA) is 18.5 Å². The number of rotatable bonds is 19. The second-order valence-electron chi connectivity index (χ2n) is 12.4. The Labute approximate surface area is 220 Å². The maximum absolute atomic E-state index is 7.05. The summed E-state index contributed by atoms with van der Waals surface area (Å²) in [6.07, 6.45) is 18.8. The average molecular weight is 503 g/mol. The third-order valence-corrected chi connectivity index (χ3v) is 12.0. The zero-order valence-electron chi connectivity index (χ0n) is 24.6. The predicted molar refractivity (Wildman–Crippen MR) is 158 cm³/mol. The van der Waals surface area contributed by atoms with Gasteiger partial charge < -0.3 is 9.16 Å². The van der Waals surface area contributed by atoms with Gasteiger partial charge in [0.2, 0.25) is 0 Å². The summed E-state index contributed by atoms with van der Waals surface area (Å²) in [4.78, 5) is 0. The molecule has 0 amide bonds. The van der Waals surface area contributed by atoms with Gasteiger partial charge >= 0.3 is 0 Å². The Bertz CT molecular complexity index is 660. The van der Waals surface area contributed by atoms with E-state index < -0.39 is 8.32 Å². The van der Waals surface area contributed by atoms with E-state index >= 15 is 0 Å². The smallest absolute Gasteiger partial charge is 0.192 e. The molecule has 0 heterocycles. The van der Waals surface area contributed by atoms with Crippen molar-refractivity contribution in [3.05, 3.63) is 48.0 Å². The first kappa shape index (κ1) is 32.1. The lowest BCUT2D eigenvalue weighted by Crippen LogP contribution is -2.47. The van der Waals surface area contributed by atoms with Crippen LogP contribution in [0.15, 0.2) is 42.5 Å². The highest BCUT2D eigenvalue weighted by molar-refractivity contribution is 6.74. The molecule has 0 N–H and O–H groups in total. The van der Waals surface area contributed by atoms with E-state index in [9.17, 15) is 0 Å². The van der Waals surface area contributed by atoms with Crippen LogP contribution in [0.1, 0.15) is 118 Å². The van der Waals surface area contributed by atoms with E-state index in [1.54, 1.807) is 0 Å². The molecule has 0 aliphatic carbocycles. The van der Waals surface area contributed by atoms with Crippen molar-refractivity contribution in [1.29, 1.82) is 0 Å². The molecular formula is C32H58O2Si. The highest BCUT2D eigenvalue weighted by atomic mass is 28.4. The minimum atomic E-state index is -1.91. The van der Waals surface area contributed by atoms with Crippen molar-refractivity contribution < 1.29 is 9.16 Å². The van der Waals surface area contributed by atoms with E-state index in [0.29, 0.717) is 12.5 Å². The summed E-state index contributed by atoms with van der Waals surface area (Å²) in [5.74, 6) is 0.688. The molecular weight excluding hydrogens is 444 g/mol. The Morgan fingerprint density at radius 1 is 0.800 bits per heavy atom. The molecule has 1 aromatic rings. The van der Waals surface area contributed by atoms with Gasteiger partial charge in [-0.05, 0) is 48.9 Å². The Morgan fingerprint density at radius 2 is 1.37 bits per heavy atom. The van der Waals surface area contributed by atoms with Crippen LogP contribution in [-0.2, 0) is 15.8 Å². The molecule has 0 saturated heterocycles. The molecule has 1 rings (SSSR count). The van der Waals surface area contributed by atoms with Crippen molar-refractivity contribution in [2.75, 3.05) is 0 Å². The van der Waals surface area contributed by atoms with E-state index in [2.05, 4.69) is 97.1 Å². The molecule has 0 spiro atoms. The summed E-state index contributed by atoms with van der Waals surface area (Å²) in [7, 11) is -1.91. The number of hydrogen-bond acceptors (Lipinski definition) is 2. The minimum absolute atomic E-state index is 0.118. The van der Waals surface area contributed by atoms with Crippen molar-refractivity contribution in [1.82, 2.24) is 0 Å². The maximum atomic E-state index is 7.05. The van der Waals surface area contributed by atoms with Crippen molar-refractivity contribution in [2.24, 2.45) is 5.92 Å². The van der Waals surface area contributed by atoms with Gasteiger partial charge in [-0.15, -0.1) is 0 Å². The standard InChI is InChI=1S/C32H58O2Si/c1-9-10-11-12-13-14-15-19-25-30(33-27-29-23-17-16-18-24-29)31(26-21-20-22-28(2)3)34-35(7,8)32(4,5)6/h16-18,20-21,23-24,28,30-31H,9-15,19,22,25-27H2,1-8H3/b21-20+/t30-,31-/m1/s1. The van der Waals surface area contributed by atoms with Crippen molar-refractivity contribution >= 4 is 8.32 Å². The van der Waals surface area contributed by atoms with E-state index in [1.165, 1.54) is 56.9 Å². The minimum Gasteiger partial charge on any atom is -0.411 e. The second kappa shape index (κ2) is 17.5. The van der Waals surface area contributed by atoms with Crippen LogP contribution in [0.5, 0.6) is 0 Å². The molecule has 0 saturated carbocycles. The SMILES string of the molecule is CCCCCCCCCC[C@@H](OCc1ccccc1)[C@@H](C/C=C/CC(C)C)O[Si](C)(C)C(C)(C)C. The largest absolute Gasteiger partial charge is 0.411 e. The number of allylic oxidation sites excluding steroid dienone is 1. The summed E-state index contributed by atoms with van der Waals surface area (Å²) in [5, 5.41) is 0.190. The monoisotopic (exact) mass is 502 g/mol. The molecule has 0 aliphatic rings. The molecule has 0 aromatic heterocycles. The second-order valence-corrected chi connectivity index (χ2v) is 17.1. The summed E-state index contributed by atoms with van der Waals surface area (Å²) in [6.45, 7) is 19.3. The van der Waals surface area contributed by atoms with Crippen LogP contribution < -0.4 is 0 Å². The van der Waals surface area contributed by atoms with Crippen LogP contribution in [0, 0.1) is 5.92 Å². The van der Waals surface area contributed by atoms with Gasteiger partial charge in [0.25, 0.3) is 0 Å². The fraction of sp³-hybridized carbons (Fsp3) is 0.750. The summed E-state index contributed by atoms with van der Waals surface area (Å²) >= 11 is 0. The average Bonchev–Trinajstić information content (AvgIpc) is 2.79. The first-order valence-corrected chi connectivity index (χ1v) is 17.5. The highest BCUT2D eigenvalue weighted by Gasteiger charge is 2.40. The van der Waals surface area contributed by atoms with Crippen LogP contribution in [0.3, 0.4) is 0 Å². The molecule has 2 atom stereocenters. The van der Waals surface area contributed by atoms with E-state index in [4.69, 9.17) is 9.16 Å². The molecule has 1 aromatic carbocycles. The summed E-state index contributed by atoms with van der Waals surface area (Å²) in [6, 6.07) is 10.6. The van der Waals surface area contributed by atoms with E-state index in [0.717, 1.165) is 19.3 Å². The first-order chi connectivity index (χ1) is 16.6. The van der Waals surface area contributed by atoms with Gasteiger partial charge in [0.1, 0.15) is 0 Å². The first-order valence-electron chi connectivity index (χ1n) is 14.5. The maximum Gasteiger partial charge on any atom is 0.192 e. The van der Waals surface area contributed by atoms with Gasteiger partial charge in [0.05, 0.1) is 18.8 Å². The van der Waals surface area contributed by atoms with E-state index in [1.807, 2.05) is 0 Å². The quantitative estimate of drug-likeness (QED) is 0.106. The Kier molecular flexibility index (Phi) is 16.1. The van der Waals surface area contributed by atoms with Crippen LogP contribution in [0.2, 0.25) is 18.1 Å². The van der Waals surface area contributed by atoms with E-state index in [-0.39, 0.29) is 17.2 Å². The van der Waals surface area contributed by atoms with Crippen molar-refractivity contribution in [2.45, 2.75) is 149 Å². The lowest BCUT2D eigenvalue weighted by atomic mass is 10.0. The number of ether oxygens (including phenoxy) is 1. The van der Waals surface area contributed by atoms with Gasteiger partial charge in [0, 0.05) is 0 Å². The molecule has 3 heteroatoms. The molecule has 2 nitrogen and oxygen atoms in total. The number of hydrogen-bond donors (Lipinski definition) is 0. The summed E-state index contributed by atoms with van der Waals surface area (Å²) < 4.78 is 13.7. The Balaban J connectivity index is 2.88. The molecule has 0 bridgehead atoms. The normalized spacial score (nSPS) is 14.7. The fourth-order valence-corrected chi connectivity index (χ4v) is 5.42. The van der Waals surface area contributed by atoms with Crippen LogP contribution >= 0.6 is 0 Å². The number of benzene rings is 1. The van der Waals surface area contributed by atoms with Gasteiger partial charge in [-0.25, -0.2) is 0 Å². The third-order valence-electron chi connectivity index (χ3n) is 7.46. The molecule has 0 radical (unpaired) electrons. The zero-order chi connectivity index (χ0) is 26.2. The Morgan fingerprint density at radius 3 is 1.94 bits per heavy atom. The lowest BCUT2D eigenvalue weighted by Gasteiger charge is -2.41. The fourth-order valence-electron chi connectivity index (χ4n) is 4.06. The van der Waals surface area contributed by atoms with Gasteiger partial charge in [-0.3, -0.25) is 0 Å². The van der Waals surface area contributed by atoms with Crippen LogP contribution in [0.4, 0.5) is 0 Å². The third kappa shape index (κ3) is 14.4. The lowest BCUT2D eigenvalue weighted by molar-refractivity contribution is -0.0438. The number of unbranched alkanes of at least 4 members (excludes halogenated alkanes) is 7. The Hall–Kier alpha value is -0.903. The molecule has 202 valence electrons. The zero-order valence-corrected chi connectivity index (χ0v) is 25.6. The van der Waals surface area contributed by atoms with Crippen molar-refractivity contribution in [3.63, 3.8) is 0 Å². The van der Waals surface area contributed by atoms with Crippen molar-refractivity contribution in [3.8, 4) is 0 Å². The van der Waals surface area contributed by atoms with Crippen LogP contribution in [0.25, 0.3) is 0 Å². The van der Waals surface area contributed by atoms with Crippen LogP contribution in [-0.4, -0.2) is 20.5 Å². The summed E-state index contributed by atoms with van der Waals surface area (Å²) in [5.41, 5.74) is 1.25. The van der Waals surface area contributed by atoms with Gasteiger partial charge in [-0.1, -0.05) is 135 Å². The highest BCUT2D eigenvalue weighted by Crippen LogP contribution is 2.38. The molecule has 0 unspecified atom stereocenters.